The fourth-order valence-corrected chi connectivity index (χ4v) is 3.35. The maximum atomic E-state index is 12.4. The molecule has 0 saturated carbocycles. The van der Waals surface area contributed by atoms with Crippen molar-refractivity contribution in [2.45, 2.75) is 20.0 Å². The van der Waals surface area contributed by atoms with E-state index in [0.717, 1.165) is 0 Å². The number of rotatable bonds is 8. The molecule has 0 N–H and O–H groups in total. The van der Waals surface area contributed by atoms with Gasteiger partial charge in [-0.3, -0.25) is 4.57 Å². The first kappa shape index (κ1) is 15.8. The third-order valence-corrected chi connectivity index (χ3v) is 4.44. The second kappa shape index (κ2) is 7.38. The average molecular weight is 287 g/mol. The monoisotopic (exact) mass is 287 g/mol. The lowest BCUT2D eigenvalue weighted by Crippen LogP contribution is -1.99. The Kier molecular flexibility index (Phi) is 6.15. The van der Waals surface area contributed by atoms with Crippen molar-refractivity contribution in [3.05, 3.63) is 28.7 Å². The fraction of sp³-hybridized carbons (Fsp3) is 0.500. The summed E-state index contributed by atoms with van der Waals surface area (Å²) < 4.78 is 27.8. The van der Waals surface area contributed by atoms with Crippen LogP contribution in [0.4, 0.5) is 5.69 Å². The summed E-state index contributed by atoms with van der Waals surface area (Å²) in [5.74, 6) is 0.515. The molecule has 0 saturated heterocycles. The Balaban J connectivity index is 3.02. The van der Waals surface area contributed by atoms with Crippen molar-refractivity contribution in [1.29, 1.82) is 0 Å². The van der Waals surface area contributed by atoms with Gasteiger partial charge in [-0.25, -0.2) is 0 Å². The molecule has 19 heavy (non-hydrogen) atoms. The van der Waals surface area contributed by atoms with Crippen LogP contribution in [0, 0.1) is 4.91 Å². The lowest BCUT2D eigenvalue weighted by Gasteiger charge is -2.17. The van der Waals surface area contributed by atoms with Gasteiger partial charge < -0.3 is 13.8 Å². The van der Waals surface area contributed by atoms with Crippen LogP contribution in [-0.4, -0.2) is 20.3 Å². The summed E-state index contributed by atoms with van der Waals surface area (Å²) in [6, 6.07) is 4.80. The van der Waals surface area contributed by atoms with E-state index in [0.29, 0.717) is 11.3 Å². The van der Waals surface area contributed by atoms with Gasteiger partial charge in [-0.2, -0.15) is 0 Å². The van der Waals surface area contributed by atoms with Crippen molar-refractivity contribution < 1.29 is 18.3 Å². The molecule has 0 aliphatic carbocycles. The molecule has 7 heteroatoms. The van der Waals surface area contributed by atoms with E-state index >= 15 is 0 Å². The molecule has 0 spiro atoms. The van der Waals surface area contributed by atoms with Crippen LogP contribution in [0.5, 0.6) is 5.75 Å². The van der Waals surface area contributed by atoms with Crippen LogP contribution in [0.15, 0.2) is 23.4 Å². The van der Waals surface area contributed by atoms with Crippen LogP contribution in [0.1, 0.15) is 19.4 Å². The molecule has 0 aliphatic heterocycles. The van der Waals surface area contributed by atoms with Crippen LogP contribution in [0.2, 0.25) is 0 Å². The lowest BCUT2D eigenvalue weighted by atomic mass is 10.2. The second-order valence-electron chi connectivity index (χ2n) is 3.69. The Bertz CT molecular complexity index is 467. The summed E-state index contributed by atoms with van der Waals surface area (Å²) in [7, 11) is -1.75. The van der Waals surface area contributed by atoms with Gasteiger partial charge in [0.25, 0.3) is 0 Å². The molecule has 1 rings (SSSR count). The van der Waals surface area contributed by atoms with Gasteiger partial charge >= 0.3 is 7.60 Å². The van der Waals surface area contributed by atoms with Gasteiger partial charge in [0.1, 0.15) is 11.4 Å². The van der Waals surface area contributed by atoms with Crippen molar-refractivity contribution in [3.8, 4) is 5.75 Å². The van der Waals surface area contributed by atoms with Crippen molar-refractivity contribution in [3.63, 3.8) is 0 Å². The van der Waals surface area contributed by atoms with Gasteiger partial charge in [-0.15, -0.1) is 4.91 Å². The SMILES string of the molecule is CCOP(=O)(Cc1ccc(OC)cc1N=O)OCC. The molecule has 0 radical (unpaired) electrons. The summed E-state index contributed by atoms with van der Waals surface area (Å²) in [4.78, 5) is 10.8. The number of hydrogen-bond acceptors (Lipinski definition) is 6. The van der Waals surface area contributed by atoms with E-state index in [9.17, 15) is 9.47 Å². The number of nitrogens with zero attached hydrogens (tertiary/aromatic N) is 1. The molecule has 0 bridgehead atoms. The third kappa shape index (κ3) is 4.42. The molecule has 0 unspecified atom stereocenters. The molecule has 0 amide bonds. The topological polar surface area (TPSA) is 74.2 Å². The smallest absolute Gasteiger partial charge is 0.335 e. The number of hydrogen-bond donors (Lipinski definition) is 0. The van der Waals surface area contributed by atoms with Crippen LogP contribution >= 0.6 is 7.60 Å². The highest BCUT2D eigenvalue weighted by atomic mass is 31.2. The highest BCUT2D eigenvalue weighted by molar-refractivity contribution is 7.53. The van der Waals surface area contributed by atoms with Crippen molar-refractivity contribution in [2.75, 3.05) is 20.3 Å². The number of ether oxygens (including phenoxy) is 1. The molecule has 0 aromatic heterocycles. The van der Waals surface area contributed by atoms with Crippen molar-refractivity contribution >= 4 is 13.3 Å². The molecule has 1 aromatic rings. The standard InChI is InChI=1S/C12H18NO5P/c1-4-17-19(15,18-5-2)9-10-6-7-11(16-3)8-12(10)13-14/h6-8H,4-5,9H2,1-3H3. The van der Waals surface area contributed by atoms with E-state index in [1.807, 2.05) is 0 Å². The summed E-state index contributed by atoms with van der Waals surface area (Å²) in [6.07, 6.45) is 0.0136. The van der Waals surface area contributed by atoms with Gasteiger partial charge in [-0.05, 0) is 30.7 Å². The Morgan fingerprint density at radius 1 is 1.21 bits per heavy atom. The predicted molar refractivity (Wildman–Crippen MR) is 73.0 cm³/mol. The summed E-state index contributed by atoms with van der Waals surface area (Å²) >= 11 is 0. The maximum Gasteiger partial charge on any atom is 0.335 e. The zero-order valence-corrected chi connectivity index (χ0v) is 12.2. The first-order valence-electron chi connectivity index (χ1n) is 5.97. The number of nitroso groups, excluding NO2 is 1. The van der Waals surface area contributed by atoms with Crippen LogP contribution in [0.25, 0.3) is 0 Å². The lowest BCUT2D eigenvalue weighted by molar-refractivity contribution is 0.219. The second-order valence-corrected chi connectivity index (χ2v) is 5.74. The van der Waals surface area contributed by atoms with Gasteiger partial charge in [0, 0.05) is 6.07 Å². The first-order chi connectivity index (χ1) is 9.08. The molecule has 0 atom stereocenters. The molecule has 1 aromatic carbocycles. The quantitative estimate of drug-likeness (QED) is 0.536. The highest BCUT2D eigenvalue weighted by Gasteiger charge is 2.25. The molecule has 0 fully saturated rings. The van der Waals surface area contributed by atoms with Crippen LogP contribution < -0.4 is 4.74 Å². The average Bonchev–Trinajstić information content (AvgIpc) is 2.39. The predicted octanol–water partition coefficient (Wildman–Crippen LogP) is 3.86. The van der Waals surface area contributed by atoms with Gasteiger partial charge in [0.15, 0.2) is 0 Å². The van der Waals surface area contributed by atoms with Crippen molar-refractivity contribution in [2.24, 2.45) is 5.18 Å². The number of benzene rings is 1. The first-order valence-corrected chi connectivity index (χ1v) is 7.69. The van der Waals surface area contributed by atoms with Crippen LogP contribution in [-0.2, 0) is 19.8 Å². The molecule has 106 valence electrons. The minimum absolute atomic E-state index is 0.0136. The van der Waals surface area contributed by atoms with E-state index in [-0.39, 0.29) is 25.1 Å². The minimum Gasteiger partial charge on any atom is -0.497 e. The van der Waals surface area contributed by atoms with E-state index in [1.54, 1.807) is 26.0 Å². The normalized spacial score (nSPS) is 11.3. The minimum atomic E-state index is -3.24. The van der Waals surface area contributed by atoms with E-state index in [1.165, 1.54) is 13.2 Å². The molecule has 0 heterocycles. The Morgan fingerprint density at radius 2 is 1.84 bits per heavy atom. The maximum absolute atomic E-state index is 12.4. The van der Waals surface area contributed by atoms with Crippen molar-refractivity contribution in [1.82, 2.24) is 0 Å². The van der Waals surface area contributed by atoms with Gasteiger partial charge in [-0.1, -0.05) is 6.07 Å². The Labute approximate surface area is 112 Å². The zero-order chi connectivity index (χ0) is 14.3. The Hall–Kier alpha value is -1.23. The van der Waals surface area contributed by atoms with Gasteiger partial charge in [0.05, 0.1) is 26.5 Å². The third-order valence-electron chi connectivity index (χ3n) is 2.41. The summed E-state index contributed by atoms with van der Waals surface area (Å²) in [6.45, 7) is 4.02. The molecular weight excluding hydrogens is 269 g/mol. The molecule has 0 aliphatic rings. The zero-order valence-electron chi connectivity index (χ0n) is 11.3. The van der Waals surface area contributed by atoms with E-state index < -0.39 is 7.60 Å². The summed E-state index contributed by atoms with van der Waals surface area (Å²) in [5, 5.41) is 2.92. The molecular formula is C12H18NO5P. The number of methoxy groups -OCH3 is 1. The highest BCUT2D eigenvalue weighted by Crippen LogP contribution is 2.52. The Morgan fingerprint density at radius 3 is 2.32 bits per heavy atom. The van der Waals surface area contributed by atoms with E-state index in [2.05, 4.69) is 5.18 Å². The fourth-order valence-electron chi connectivity index (χ4n) is 1.62. The van der Waals surface area contributed by atoms with Gasteiger partial charge in [0.2, 0.25) is 0 Å². The van der Waals surface area contributed by atoms with E-state index in [4.69, 9.17) is 13.8 Å². The van der Waals surface area contributed by atoms with Crippen LogP contribution in [0.3, 0.4) is 0 Å². The molecule has 6 nitrogen and oxygen atoms in total. The summed E-state index contributed by atoms with van der Waals surface area (Å²) in [5.41, 5.74) is 0.694. The largest absolute Gasteiger partial charge is 0.497 e.